The van der Waals surface area contributed by atoms with Crippen molar-refractivity contribution in [3.05, 3.63) is 48.0 Å². The van der Waals surface area contributed by atoms with E-state index in [-0.39, 0.29) is 12.0 Å². The Hall–Kier alpha value is -2.64. The summed E-state index contributed by atoms with van der Waals surface area (Å²) < 4.78 is 12.0. The molecule has 0 saturated heterocycles. The average molecular weight is 415 g/mol. The molecule has 0 aliphatic carbocycles. The Morgan fingerprint density at radius 2 is 1.83 bits per heavy atom. The van der Waals surface area contributed by atoms with Crippen LogP contribution in [0.5, 0.6) is 11.5 Å². The third-order valence-corrected chi connectivity index (χ3v) is 5.41. The van der Waals surface area contributed by atoms with Crippen molar-refractivity contribution in [3.8, 4) is 11.5 Å². The highest BCUT2D eigenvalue weighted by Gasteiger charge is 2.22. The largest absolute Gasteiger partial charge is 0.497 e. The molecule has 0 unspecified atom stereocenters. The van der Waals surface area contributed by atoms with Crippen molar-refractivity contribution in [1.29, 1.82) is 0 Å². The number of nitrogens with zero attached hydrogens (tertiary/aromatic N) is 2. The van der Waals surface area contributed by atoms with Crippen molar-refractivity contribution < 1.29 is 19.2 Å². The van der Waals surface area contributed by atoms with Gasteiger partial charge in [-0.3, -0.25) is 9.69 Å². The second-order valence-electron chi connectivity index (χ2n) is 7.43. The molecule has 0 saturated carbocycles. The lowest BCUT2D eigenvalue weighted by Crippen LogP contribution is -3.06. The first kappa shape index (κ1) is 21.1. The van der Waals surface area contributed by atoms with Gasteiger partial charge < -0.3 is 14.4 Å². The fourth-order valence-corrected chi connectivity index (χ4v) is 3.88. The number of hydrogen-bond acceptors (Lipinski definition) is 5. The minimum absolute atomic E-state index is 0.0617. The Kier molecular flexibility index (Phi) is 6.71. The quantitative estimate of drug-likeness (QED) is 0.616. The number of methoxy groups -OCH3 is 1. The fraction of sp³-hybridized carbons (Fsp3) is 0.364. The Morgan fingerprint density at radius 1 is 1.14 bits per heavy atom. The van der Waals surface area contributed by atoms with E-state index in [0.29, 0.717) is 17.2 Å². The zero-order chi connectivity index (χ0) is 21.0. The van der Waals surface area contributed by atoms with E-state index in [4.69, 9.17) is 14.5 Å². The number of amides is 1. The van der Waals surface area contributed by atoms with Crippen LogP contribution in [0.15, 0.2) is 42.5 Å². The molecule has 3 aromatic rings. The number of carbonyl (C=O) groups is 1. The van der Waals surface area contributed by atoms with Crippen LogP contribution in [0.2, 0.25) is 0 Å². The molecule has 2 aromatic carbocycles. The number of likely N-dealkylation sites (N-methyl/N-ethyl adjacent to an activating group) is 1. The number of fused-ring (bicyclic) bond motifs is 1. The maximum absolute atomic E-state index is 13.3. The van der Waals surface area contributed by atoms with Gasteiger partial charge >= 0.3 is 0 Å². The third kappa shape index (κ3) is 5.25. The molecular weight excluding hydrogens is 386 g/mol. The Labute approximate surface area is 175 Å². The molecule has 7 heteroatoms. The maximum Gasteiger partial charge on any atom is 0.260 e. The Morgan fingerprint density at radius 3 is 2.45 bits per heavy atom. The normalized spacial score (nSPS) is 11.3. The van der Waals surface area contributed by atoms with Crippen LogP contribution in [-0.4, -0.2) is 51.3 Å². The van der Waals surface area contributed by atoms with Crippen molar-refractivity contribution in [3.63, 3.8) is 0 Å². The van der Waals surface area contributed by atoms with E-state index >= 15 is 0 Å². The number of thiazole rings is 1. The zero-order valence-corrected chi connectivity index (χ0v) is 18.4. The van der Waals surface area contributed by atoms with E-state index in [0.717, 1.165) is 28.3 Å². The van der Waals surface area contributed by atoms with Gasteiger partial charge in [0.1, 0.15) is 11.5 Å². The van der Waals surface area contributed by atoms with E-state index in [2.05, 4.69) is 14.1 Å². The minimum Gasteiger partial charge on any atom is -0.497 e. The van der Waals surface area contributed by atoms with Crippen LogP contribution >= 0.6 is 11.3 Å². The molecule has 0 aliphatic rings. The van der Waals surface area contributed by atoms with Crippen molar-refractivity contribution in [2.45, 2.75) is 20.0 Å². The van der Waals surface area contributed by atoms with E-state index in [9.17, 15) is 4.79 Å². The van der Waals surface area contributed by atoms with Gasteiger partial charge in [0.2, 0.25) is 0 Å². The van der Waals surface area contributed by atoms with Crippen LogP contribution in [0.3, 0.4) is 0 Å². The van der Waals surface area contributed by atoms with E-state index < -0.39 is 0 Å². The molecule has 1 heterocycles. The predicted octanol–water partition coefficient (Wildman–Crippen LogP) is 2.88. The van der Waals surface area contributed by atoms with Crippen LogP contribution in [0.4, 0.5) is 5.13 Å². The summed E-state index contributed by atoms with van der Waals surface area (Å²) in [5.74, 6) is 1.48. The number of anilines is 1. The van der Waals surface area contributed by atoms with Gasteiger partial charge in [-0.25, -0.2) is 4.98 Å². The topological polar surface area (TPSA) is 56.1 Å². The first-order valence-electron chi connectivity index (χ1n) is 9.69. The van der Waals surface area contributed by atoms with Crippen molar-refractivity contribution in [2.75, 3.05) is 39.2 Å². The SMILES string of the molecule is COc1ccc2nc(N(CC[NH+](C)C)C(=O)c3ccc(OC(C)C)cc3)sc2c1. The van der Waals surface area contributed by atoms with Gasteiger partial charge in [0, 0.05) is 5.56 Å². The molecule has 6 nitrogen and oxygen atoms in total. The van der Waals surface area contributed by atoms with Crippen molar-refractivity contribution >= 4 is 32.6 Å². The summed E-state index contributed by atoms with van der Waals surface area (Å²) in [4.78, 5) is 21.0. The molecule has 0 aliphatic heterocycles. The van der Waals surface area contributed by atoms with E-state index in [1.807, 2.05) is 56.3 Å². The van der Waals surface area contributed by atoms with Crippen LogP contribution in [-0.2, 0) is 0 Å². The van der Waals surface area contributed by atoms with Crippen LogP contribution in [0.25, 0.3) is 10.2 Å². The summed E-state index contributed by atoms with van der Waals surface area (Å²) in [6, 6.07) is 13.1. The number of nitrogens with one attached hydrogen (secondary N) is 1. The third-order valence-electron chi connectivity index (χ3n) is 4.37. The fourth-order valence-electron chi connectivity index (χ4n) is 2.86. The molecule has 0 atom stereocenters. The number of hydrogen-bond donors (Lipinski definition) is 1. The standard InChI is InChI=1S/C22H27N3O3S/c1-15(2)28-17-8-6-16(7-9-17)21(26)25(13-12-24(3)4)22-23-19-11-10-18(27-5)14-20(19)29-22/h6-11,14-15H,12-13H2,1-5H3/p+1. The summed E-state index contributed by atoms with van der Waals surface area (Å²) in [6.45, 7) is 5.36. The molecular formula is C22H28N3O3S+. The van der Waals surface area contributed by atoms with Crippen LogP contribution in [0, 0.1) is 0 Å². The summed E-state index contributed by atoms with van der Waals surface area (Å²) in [5.41, 5.74) is 1.48. The molecule has 0 radical (unpaired) electrons. The number of rotatable bonds is 8. The molecule has 0 fully saturated rings. The second kappa shape index (κ2) is 9.24. The molecule has 0 spiro atoms. The molecule has 154 valence electrons. The molecule has 1 amide bonds. The lowest BCUT2D eigenvalue weighted by molar-refractivity contribution is -0.856. The molecule has 3 rings (SSSR count). The minimum atomic E-state index is -0.0617. The van der Waals surface area contributed by atoms with Gasteiger partial charge in [0.15, 0.2) is 5.13 Å². The van der Waals surface area contributed by atoms with Crippen molar-refractivity contribution in [2.24, 2.45) is 0 Å². The van der Waals surface area contributed by atoms with Gasteiger partial charge in [-0.05, 0) is 56.3 Å². The first-order chi connectivity index (χ1) is 13.9. The maximum atomic E-state index is 13.3. The number of benzene rings is 2. The number of ether oxygens (including phenoxy) is 2. The number of quaternary nitrogens is 1. The Bertz CT molecular complexity index is 967. The van der Waals surface area contributed by atoms with Gasteiger partial charge in [-0.1, -0.05) is 11.3 Å². The molecule has 1 N–H and O–H groups in total. The molecule has 1 aromatic heterocycles. The summed E-state index contributed by atoms with van der Waals surface area (Å²) in [6.07, 6.45) is 0.0934. The highest BCUT2D eigenvalue weighted by Crippen LogP contribution is 2.32. The highest BCUT2D eigenvalue weighted by molar-refractivity contribution is 7.22. The highest BCUT2D eigenvalue weighted by atomic mass is 32.1. The van der Waals surface area contributed by atoms with E-state index in [1.165, 1.54) is 16.2 Å². The van der Waals surface area contributed by atoms with Gasteiger partial charge in [-0.15, -0.1) is 0 Å². The molecule has 29 heavy (non-hydrogen) atoms. The van der Waals surface area contributed by atoms with Gasteiger partial charge in [0.25, 0.3) is 5.91 Å². The first-order valence-corrected chi connectivity index (χ1v) is 10.5. The van der Waals surface area contributed by atoms with Gasteiger partial charge in [0.05, 0.1) is 50.6 Å². The lowest BCUT2D eigenvalue weighted by atomic mass is 10.2. The smallest absolute Gasteiger partial charge is 0.260 e. The number of aromatic nitrogens is 1. The lowest BCUT2D eigenvalue weighted by Gasteiger charge is -2.21. The van der Waals surface area contributed by atoms with Gasteiger partial charge in [-0.2, -0.15) is 0 Å². The monoisotopic (exact) mass is 414 g/mol. The molecule has 0 bridgehead atoms. The van der Waals surface area contributed by atoms with Crippen LogP contribution < -0.4 is 19.3 Å². The van der Waals surface area contributed by atoms with E-state index in [1.54, 1.807) is 12.0 Å². The average Bonchev–Trinajstić information content (AvgIpc) is 3.10. The Balaban J connectivity index is 1.91. The number of carbonyl (C=O) groups excluding carboxylic acids is 1. The predicted molar refractivity (Wildman–Crippen MR) is 118 cm³/mol. The summed E-state index contributed by atoms with van der Waals surface area (Å²) in [5, 5.41) is 0.696. The van der Waals surface area contributed by atoms with Crippen LogP contribution in [0.1, 0.15) is 24.2 Å². The van der Waals surface area contributed by atoms with Crippen molar-refractivity contribution in [1.82, 2.24) is 4.98 Å². The summed E-state index contributed by atoms with van der Waals surface area (Å²) in [7, 11) is 5.79. The zero-order valence-electron chi connectivity index (χ0n) is 17.6. The second-order valence-corrected chi connectivity index (χ2v) is 8.44. The summed E-state index contributed by atoms with van der Waals surface area (Å²) >= 11 is 1.50.